The molecule has 0 fully saturated rings. The van der Waals surface area contributed by atoms with Gasteiger partial charge < -0.3 is 0 Å². The predicted octanol–water partition coefficient (Wildman–Crippen LogP) is -0.119. The molecule has 1 aromatic rings. The zero-order valence-electron chi connectivity index (χ0n) is 9.62. The van der Waals surface area contributed by atoms with E-state index < -0.39 is 19.9 Å². The Balaban J connectivity index is 2.91. The van der Waals surface area contributed by atoms with Gasteiger partial charge in [-0.15, -0.1) is 0 Å². The molecule has 0 amide bonds. The minimum absolute atomic E-state index is 0.0179. The van der Waals surface area contributed by atoms with E-state index in [1.54, 1.807) is 12.1 Å². The number of nitrogens with one attached hydrogen (secondary N) is 1. The highest BCUT2D eigenvalue weighted by Crippen LogP contribution is 2.13. The molecule has 98 valence electrons. The van der Waals surface area contributed by atoms with Crippen LogP contribution in [0.1, 0.15) is 5.56 Å². The van der Waals surface area contributed by atoms with Gasteiger partial charge in [-0.1, -0.05) is 12.1 Å². The van der Waals surface area contributed by atoms with E-state index in [4.69, 9.17) is 5.26 Å². The summed E-state index contributed by atoms with van der Waals surface area (Å²) in [4.78, 5) is -0.152. The van der Waals surface area contributed by atoms with Gasteiger partial charge in [-0.05, 0) is 12.1 Å². The summed E-state index contributed by atoms with van der Waals surface area (Å²) < 4.78 is 47.6. The summed E-state index contributed by atoms with van der Waals surface area (Å²) >= 11 is 0. The van der Waals surface area contributed by atoms with Crippen LogP contribution in [0.3, 0.4) is 0 Å². The molecule has 0 aromatic heterocycles. The Kier molecular flexibility index (Phi) is 4.45. The Morgan fingerprint density at radius 1 is 1.22 bits per heavy atom. The first kappa shape index (κ1) is 14.6. The van der Waals surface area contributed by atoms with Crippen molar-refractivity contribution < 1.29 is 16.8 Å². The molecule has 0 saturated carbocycles. The fraction of sp³-hybridized carbons (Fsp3) is 0.300. The first-order valence-electron chi connectivity index (χ1n) is 4.93. The number of hydrogen-bond donors (Lipinski definition) is 1. The van der Waals surface area contributed by atoms with Crippen molar-refractivity contribution in [1.29, 1.82) is 5.26 Å². The smallest absolute Gasteiger partial charge is 0.229 e. The molecule has 0 aliphatic rings. The van der Waals surface area contributed by atoms with Crippen molar-refractivity contribution in [1.82, 2.24) is 4.72 Å². The number of nitrogens with zero attached hydrogens (tertiary/aromatic N) is 1. The molecule has 1 aromatic carbocycles. The normalized spacial score (nSPS) is 12.0. The summed E-state index contributed by atoms with van der Waals surface area (Å²) in [6, 6.07) is 7.49. The molecule has 0 radical (unpaired) electrons. The van der Waals surface area contributed by atoms with Crippen LogP contribution < -0.4 is 4.72 Å². The quantitative estimate of drug-likeness (QED) is 0.813. The standard InChI is InChI=1S/C10H12N2O4S2/c1-17(13,14)7-6-12-18(15,16)10-5-3-2-4-9(10)8-11/h2-5,12H,6-7H2,1H3. The summed E-state index contributed by atoms with van der Waals surface area (Å²) in [7, 11) is -7.10. The monoisotopic (exact) mass is 288 g/mol. The van der Waals surface area contributed by atoms with Gasteiger partial charge in [0.1, 0.15) is 15.9 Å². The molecule has 1 rings (SSSR count). The Bertz CT molecular complexity index is 672. The van der Waals surface area contributed by atoms with Crippen molar-refractivity contribution >= 4 is 19.9 Å². The maximum atomic E-state index is 11.8. The van der Waals surface area contributed by atoms with E-state index in [0.717, 1.165) is 6.26 Å². The van der Waals surface area contributed by atoms with Crippen molar-refractivity contribution in [2.24, 2.45) is 0 Å². The molecule has 0 spiro atoms. The van der Waals surface area contributed by atoms with E-state index in [0.29, 0.717) is 0 Å². The highest BCUT2D eigenvalue weighted by atomic mass is 32.2. The van der Waals surface area contributed by atoms with Crippen LogP contribution in [0.5, 0.6) is 0 Å². The summed E-state index contributed by atoms with van der Waals surface area (Å²) in [5.41, 5.74) is 0.0179. The van der Waals surface area contributed by atoms with E-state index in [9.17, 15) is 16.8 Å². The van der Waals surface area contributed by atoms with Crippen LogP contribution in [0.4, 0.5) is 0 Å². The minimum Gasteiger partial charge on any atom is -0.229 e. The molecule has 0 unspecified atom stereocenters. The van der Waals surface area contributed by atoms with Crippen molar-refractivity contribution in [3.8, 4) is 6.07 Å². The lowest BCUT2D eigenvalue weighted by Gasteiger charge is -2.07. The fourth-order valence-corrected chi connectivity index (χ4v) is 3.02. The number of sulfonamides is 1. The number of nitriles is 1. The van der Waals surface area contributed by atoms with Crippen LogP contribution in [-0.2, 0) is 19.9 Å². The lowest BCUT2D eigenvalue weighted by molar-refractivity contribution is 0.581. The van der Waals surface area contributed by atoms with Gasteiger partial charge in [0, 0.05) is 12.8 Å². The number of benzene rings is 1. The third kappa shape index (κ3) is 4.10. The number of sulfone groups is 1. The molecule has 6 nitrogen and oxygen atoms in total. The molecule has 0 aliphatic carbocycles. The third-order valence-corrected chi connectivity index (χ3v) is 4.53. The maximum absolute atomic E-state index is 11.8. The van der Waals surface area contributed by atoms with Crippen molar-refractivity contribution in [3.63, 3.8) is 0 Å². The van der Waals surface area contributed by atoms with Crippen molar-refractivity contribution in [2.75, 3.05) is 18.6 Å². The van der Waals surface area contributed by atoms with E-state index in [1.807, 2.05) is 0 Å². The lowest BCUT2D eigenvalue weighted by atomic mass is 10.2. The Labute approximate surface area is 106 Å². The SMILES string of the molecule is CS(=O)(=O)CCNS(=O)(=O)c1ccccc1C#N. The zero-order chi connectivity index (χ0) is 13.8. The van der Waals surface area contributed by atoms with E-state index in [-0.39, 0.29) is 22.8 Å². The van der Waals surface area contributed by atoms with Gasteiger partial charge >= 0.3 is 0 Å². The molecule has 0 bridgehead atoms. The van der Waals surface area contributed by atoms with Crippen LogP contribution in [-0.4, -0.2) is 35.4 Å². The second-order valence-electron chi connectivity index (χ2n) is 3.64. The molecule has 0 heterocycles. The topological polar surface area (TPSA) is 104 Å². The second kappa shape index (κ2) is 5.48. The summed E-state index contributed by atoms with van der Waals surface area (Å²) in [5.74, 6) is -0.291. The highest BCUT2D eigenvalue weighted by molar-refractivity contribution is 7.91. The molecule has 18 heavy (non-hydrogen) atoms. The van der Waals surface area contributed by atoms with Gasteiger partial charge in [0.2, 0.25) is 10.0 Å². The predicted molar refractivity (Wildman–Crippen MR) is 66.1 cm³/mol. The Hall–Kier alpha value is -1.43. The van der Waals surface area contributed by atoms with Gasteiger partial charge in [-0.3, -0.25) is 0 Å². The summed E-state index contributed by atoms with van der Waals surface area (Å²) in [5, 5.41) is 8.80. The fourth-order valence-electron chi connectivity index (χ4n) is 1.23. The van der Waals surface area contributed by atoms with E-state index in [2.05, 4.69) is 4.72 Å². The van der Waals surface area contributed by atoms with Crippen LogP contribution in [0.25, 0.3) is 0 Å². The van der Waals surface area contributed by atoms with Crippen molar-refractivity contribution in [3.05, 3.63) is 29.8 Å². The highest BCUT2D eigenvalue weighted by Gasteiger charge is 2.18. The summed E-state index contributed by atoms with van der Waals surface area (Å²) in [6.45, 7) is -0.221. The van der Waals surface area contributed by atoms with Crippen LogP contribution in [0.2, 0.25) is 0 Å². The Morgan fingerprint density at radius 2 is 1.83 bits per heavy atom. The van der Waals surface area contributed by atoms with Gasteiger partial charge in [-0.25, -0.2) is 21.6 Å². The van der Waals surface area contributed by atoms with Crippen LogP contribution in [0, 0.1) is 11.3 Å². The first-order chi connectivity index (χ1) is 8.26. The average molecular weight is 288 g/mol. The second-order valence-corrected chi connectivity index (χ2v) is 7.63. The van der Waals surface area contributed by atoms with Gasteiger partial charge in [0.15, 0.2) is 0 Å². The van der Waals surface area contributed by atoms with Gasteiger partial charge in [0.05, 0.1) is 16.2 Å². The van der Waals surface area contributed by atoms with Crippen LogP contribution >= 0.6 is 0 Å². The zero-order valence-corrected chi connectivity index (χ0v) is 11.3. The molecular weight excluding hydrogens is 276 g/mol. The largest absolute Gasteiger partial charge is 0.241 e. The molecule has 8 heteroatoms. The molecule has 0 saturated heterocycles. The first-order valence-corrected chi connectivity index (χ1v) is 8.47. The number of rotatable bonds is 5. The van der Waals surface area contributed by atoms with Crippen LogP contribution in [0.15, 0.2) is 29.2 Å². The van der Waals surface area contributed by atoms with Crippen molar-refractivity contribution in [2.45, 2.75) is 4.90 Å². The van der Waals surface area contributed by atoms with Gasteiger partial charge in [0.25, 0.3) is 0 Å². The molecule has 0 aliphatic heterocycles. The minimum atomic E-state index is -3.86. The lowest BCUT2D eigenvalue weighted by Crippen LogP contribution is -2.29. The summed E-state index contributed by atoms with van der Waals surface area (Å²) in [6.07, 6.45) is 1.02. The van der Waals surface area contributed by atoms with E-state index in [1.165, 1.54) is 18.2 Å². The third-order valence-electron chi connectivity index (χ3n) is 2.06. The molecule has 0 atom stereocenters. The Morgan fingerprint density at radius 3 is 2.39 bits per heavy atom. The molecular formula is C10H12N2O4S2. The van der Waals surface area contributed by atoms with E-state index >= 15 is 0 Å². The average Bonchev–Trinajstić information content (AvgIpc) is 2.27. The van der Waals surface area contributed by atoms with Gasteiger partial charge in [-0.2, -0.15) is 5.26 Å². The molecule has 1 N–H and O–H groups in total. The maximum Gasteiger partial charge on any atom is 0.241 e. The number of hydrogen-bond acceptors (Lipinski definition) is 5.